The summed E-state index contributed by atoms with van der Waals surface area (Å²) in [7, 11) is 0. The van der Waals surface area contributed by atoms with E-state index >= 15 is 0 Å². The number of esters is 1. The molecule has 0 saturated heterocycles. The topological polar surface area (TPSA) is 88.2 Å². The molecule has 0 saturated carbocycles. The van der Waals surface area contributed by atoms with Crippen molar-refractivity contribution in [3.8, 4) is 6.07 Å². The molecule has 0 radical (unpaired) electrons. The Labute approximate surface area is 199 Å². The molecular formula is C24H19ClN4O3S. The van der Waals surface area contributed by atoms with Crippen LogP contribution in [0.15, 0.2) is 60.7 Å². The van der Waals surface area contributed by atoms with E-state index in [-0.39, 0.29) is 6.54 Å². The number of hydrogen-bond donors (Lipinski definition) is 0. The molecule has 0 bridgehead atoms. The third kappa shape index (κ3) is 4.90. The third-order valence-electron chi connectivity index (χ3n) is 5.01. The van der Waals surface area contributed by atoms with Gasteiger partial charge in [-0.1, -0.05) is 48.0 Å². The fourth-order valence-corrected chi connectivity index (χ4v) is 4.64. The number of carbonyl (C=O) groups excluding carboxylic acids is 2. The normalized spacial score (nSPS) is 10.7. The quantitative estimate of drug-likeness (QED) is 0.280. The standard InChI is InChI=1S/C24H19ClN4O3S/c1-16-19-13-21(33-23(19)29(27-16)14-17-7-5-6-10-20(17)25)24(31)32-15-22(30)28(12-11-26)18-8-3-2-4-9-18/h2-10,13H,12,14-15H2,1H3. The van der Waals surface area contributed by atoms with Crippen LogP contribution in [0.25, 0.3) is 10.2 Å². The van der Waals surface area contributed by atoms with Crippen molar-refractivity contribution >= 4 is 50.7 Å². The van der Waals surface area contributed by atoms with Crippen LogP contribution in [0.5, 0.6) is 0 Å². The molecule has 2 aromatic carbocycles. The molecule has 0 N–H and O–H groups in total. The SMILES string of the molecule is Cc1nn(Cc2ccccc2Cl)c2sc(C(=O)OCC(=O)N(CC#N)c3ccccc3)cc12. The van der Waals surface area contributed by atoms with E-state index in [2.05, 4.69) is 5.10 Å². The zero-order chi connectivity index (χ0) is 23.4. The Balaban J connectivity index is 1.49. The van der Waals surface area contributed by atoms with Crippen LogP contribution < -0.4 is 4.90 Å². The molecule has 0 aliphatic heterocycles. The van der Waals surface area contributed by atoms with E-state index < -0.39 is 18.5 Å². The van der Waals surface area contributed by atoms with Crippen molar-refractivity contribution in [2.45, 2.75) is 13.5 Å². The number of anilines is 1. The minimum absolute atomic E-state index is 0.139. The molecule has 4 rings (SSSR count). The number of aromatic nitrogens is 2. The molecule has 0 spiro atoms. The number of benzene rings is 2. The lowest BCUT2D eigenvalue weighted by Gasteiger charge is -2.19. The van der Waals surface area contributed by atoms with Gasteiger partial charge in [-0.2, -0.15) is 10.4 Å². The van der Waals surface area contributed by atoms with E-state index in [4.69, 9.17) is 21.6 Å². The first kappa shape index (κ1) is 22.5. The summed E-state index contributed by atoms with van der Waals surface area (Å²) >= 11 is 7.53. The first-order valence-corrected chi connectivity index (χ1v) is 11.3. The number of fused-ring (bicyclic) bond motifs is 1. The highest BCUT2D eigenvalue weighted by Gasteiger charge is 2.21. The van der Waals surface area contributed by atoms with Gasteiger partial charge in [0, 0.05) is 16.1 Å². The molecule has 9 heteroatoms. The average Bonchev–Trinajstić information content (AvgIpc) is 3.39. The number of para-hydroxylation sites is 1. The molecule has 4 aromatic rings. The second kappa shape index (κ2) is 9.86. The monoisotopic (exact) mass is 478 g/mol. The second-order valence-corrected chi connectivity index (χ2v) is 8.65. The molecule has 0 aliphatic carbocycles. The van der Waals surface area contributed by atoms with E-state index in [0.29, 0.717) is 22.1 Å². The van der Waals surface area contributed by atoms with Crippen molar-refractivity contribution in [2.24, 2.45) is 0 Å². The van der Waals surface area contributed by atoms with Gasteiger partial charge in [0.2, 0.25) is 0 Å². The summed E-state index contributed by atoms with van der Waals surface area (Å²) in [5.41, 5.74) is 2.27. The van der Waals surface area contributed by atoms with Gasteiger partial charge >= 0.3 is 5.97 Å². The molecule has 0 aliphatic rings. The number of nitrogens with zero attached hydrogens (tertiary/aromatic N) is 4. The molecular weight excluding hydrogens is 460 g/mol. The van der Waals surface area contributed by atoms with E-state index in [9.17, 15) is 9.59 Å². The lowest BCUT2D eigenvalue weighted by molar-refractivity contribution is -0.121. The summed E-state index contributed by atoms with van der Waals surface area (Å²) in [5, 5.41) is 15.1. The number of thiophene rings is 1. The molecule has 0 atom stereocenters. The summed E-state index contributed by atoms with van der Waals surface area (Å²) in [6.45, 7) is 1.74. The zero-order valence-electron chi connectivity index (χ0n) is 17.7. The van der Waals surface area contributed by atoms with Crippen molar-refractivity contribution in [1.82, 2.24) is 9.78 Å². The number of rotatable bonds is 7. The molecule has 2 heterocycles. The van der Waals surface area contributed by atoms with Crippen molar-refractivity contribution in [2.75, 3.05) is 18.1 Å². The smallest absolute Gasteiger partial charge is 0.348 e. The molecule has 0 fully saturated rings. The molecule has 1 amide bonds. The predicted octanol–water partition coefficient (Wildman–Crippen LogP) is 4.82. The summed E-state index contributed by atoms with van der Waals surface area (Å²) in [4.78, 5) is 27.8. The first-order chi connectivity index (χ1) is 16.0. The number of halogens is 1. The number of ether oxygens (including phenoxy) is 1. The summed E-state index contributed by atoms with van der Waals surface area (Å²) in [6, 6.07) is 20.0. The lowest BCUT2D eigenvalue weighted by Crippen LogP contribution is -2.35. The van der Waals surface area contributed by atoms with Crippen LogP contribution in [0, 0.1) is 18.3 Å². The van der Waals surface area contributed by atoms with Crippen LogP contribution in [0.2, 0.25) is 5.02 Å². The van der Waals surface area contributed by atoms with Crippen molar-refractivity contribution in [1.29, 1.82) is 5.26 Å². The Kier molecular flexibility index (Phi) is 6.73. The van der Waals surface area contributed by atoms with Crippen LogP contribution in [0.4, 0.5) is 5.69 Å². The van der Waals surface area contributed by atoms with Crippen LogP contribution in [0.3, 0.4) is 0 Å². The molecule has 2 aromatic heterocycles. The lowest BCUT2D eigenvalue weighted by atomic mass is 10.2. The number of hydrogen-bond acceptors (Lipinski definition) is 6. The van der Waals surface area contributed by atoms with Gasteiger partial charge in [-0.25, -0.2) is 4.79 Å². The van der Waals surface area contributed by atoms with Crippen molar-refractivity contribution in [3.05, 3.63) is 81.8 Å². The van der Waals surface area contributed by atoms with E-state index in [1.54, 1.807) is 30.3 Å². The third-order valence-corrected chi connectivity index (χ3v) is 6.51. The second-order valence-electron chi connectivity index (χ2n) is 7.21. The minimum Gasteiger partial charge on any atom is -0.451 e. The molecule has 166 valence electrons. The number of nitriles is 1. The van der Waals surface area contributed by atoms with Gasteiger partial charge in [0.05, 0.1) is 18.3 Å². The summed E-state index contributed by atoms with van der Waals surface area (Å²) in [5.74, 6) is -1.07. The highest BCUT2D eigenvalue weighted by atomic mass is 35.5. The maximum absolute atomic E-state index is 12.7. The predicted molar refractivity (Wildman–Crippen MR) is 128 cm³/mol. The maximum atomic E-state index is 12.7. The van der Waals surface area contributed by atoms with Gasteiger partial charge in [-0.05, 0) is 36.8 Å². The summed E-state index contributed by atoms with van der Waals surface area (Å²) < 4.78 is 7.08. The Morgan fingerprint density at radius 2 is 1.91 bits per heavy atom. The Bertz CT molecular complexity index is 1360. The molecule has 33 heavy (non-hydrogen) atoms. The van der Waals surface area contributed by atoms with Gasteiger partial charge in [-0.15, -0.1) is 11.3 Å². The van der Waals surface area contributed by atoms with Crippen LogP contribution in [0.1, 0.15) is 20.9 Å². The van der Waals surface area contributed by atoms with Crippen molar-refractivity contribution in [3.63, 3.8) is 0 Å². The van der Waals surface area contributed by atoms with Gasteiger partial charge < -0.3 is 4.74 Å². The Morgan fingerprint density at radius 1 is 1.18 bits per heavy atom. The van der Waals surface area contributed by atoms with Crippen molar-refractivity contribution < 1.29 is 14.3 Å². The zero-order valence-corrected chi connectivity index (χ0v) is 19.3. The largest absolute Gasteiger partial charge is 0.451 e. The first-order valence-electron chi connectivity index (χ1n) is 10.1. The Morgan fingerprint density at radius 3 is 2.64 bits per heavy atom. The minimum atomic E-state index is -0.599. The van der Waals surface area contributed by atoms with Gasteiger partial charge in [0.25, 0.3) is 5.91 Å². The van der Waals surface area contributed by atoms with E-state index in [1.165, 1.54) is 16.2 Å². The number of carbonyl (C=O) groups is 2. The van der Waals surface area contributed by atoms with Crippen LogP contribution in [-0.4, -0.2) is 34.8 Å². The van der Waals surface area contributed by atoms with Gasteiger partial charge in [0.1, 0.15) is 16.3 Å². The van der Waals surface area contributed by atoms with E-state index in [1.807, 2.05) is 48.0 Å². The molecule has 0 unspecified atom stereocenters. The highest BCUT2D eigenvalue weighted by Crippen LogP contribution is 2.30. The van der Waals surface area contributed by atoms with Crippen LogP contribution >= 0.6 is 22.9 Å². The number of aryl methyl sites for hydroxylation is 1. The number of amides is 1. The highest BCUT2D eigenvalue weighted by molar-refractivity contribution is 7.20. The fourth-order valence-electron chi connectivity index (χ4n) is 3.39. The van der Waals surface area contributed by atoms with Gasteiger partial charge in [-0.3, -0.25) is 14.4 Å². The van der Waals surface area contributed by atoms with E-state index in [0.717, 1.165) is 21.5 Å². The fraction of sp³-hybridized carbons (Fsp3) is 0.167. The van der Waals surface area contributed by atoms with Crippen LogP contribution in [-0.2, 0) is 16.1 Å². The maximum Gasteiger partial charge on any atom is 0.348 e. The summed E-state index contributed by atoms with van der Waals surface area (Å²) in [6.07, 6.45) is 0. The molecule has 7 nitrogen and oxygen atoms in total. The Hall–Kier alpha value is -3.67. The van der Waals surface area contributed by atoms with Gasteiger partial charge in [0.15, 0.2) is 6.61 Å². The average molecular weight is 479 g/mol.